The molecule has 0 fully saturated rings. The minimum atomic E-state index is -1.55. The second-order valence-electron chi connectivity index (χ2n) is 6.09. The van der Waals surface area contributed by atoms with Crippen LogP contribution in [0.25, 0.3) is 0 Å². The van der Waals surface area contributed by atoms with E-state index in [2.05, 4.69) is 20.7 Å². The Bertz CT molecular complexity index is 648. The number of fused-ring (bicyclic) bond motifs is 1. The zero-order chi connectivity index (χ0) is 16.7. The Labute approximate surface area is 139 Å². The average Bonchev–Trinajstić information content (AvgIpc) is 2.42. The Morgan fingerprint density at radius 1 is 1.50 bits per heavy atom. The molecule has 1 aliphatic heterocycles. The highest BCUT2D eigenvalue weighted by atomic mass is 79.9. The van der Waals surface area contributed by atoms with Crippen LogP contribution in [0.3, 0.4) is 0 Å². The summed E-state index contributed by atoms with van der Waals surface area (Å²) in [6, 6.07) is 3.03. The molecule has 8 heteroatoms. The normalized spacial score (nSPS) is 22.6. The number of halogens is 2. The van der Waals surface area contributed by atoms with Crippen LogP contribution < -0.4 is 15.2 Å². The van der Waals surface area contributed by atoms with E-state index in [0.29, 0.717) is 0 Å². The van der Waals surface area contributed by atoms with Gasteiger partial charge in [-0.1, -0.05) is 6.07 Å². The van der Waals surface area contributed by atoms with E-state index in [9.17, 15) is 13.4 Å². The summed E-state index contributed by atoms with van der Waals surface area (Å²) in [5.41, 5.74) is 4.42. The van der Waals surface area contributed by atoms with Gasteiger partial charge in [0.1, 0.15) is 5.54 Å². The summed E-state index contributed by atoms with van der Waals surface area (Å²) >= 11 is 3.08. The van der Waals surface area contributed by atoms with Crippen molar-refractivity contribution < 1.29 is 18.1 Å². The van der Waals surface area contributed by atoms with Crippen LogP contribution in [0.5, 0.6) is 5.75 Å². The van der Waals surface area contributed by atoms with Crippen molar-refractivity contribution >= 4 is 32.8 Å². The van der Waals surface area contributed by atoms with Crippen LogP contribution >= 0.6 is 15.9 Å². The molecule has 0 bridgehead atoms. The summed E-state index contributed by atoms with van der Waals surface area (Å²) in [6.07, 6.45) is 0.179. The third-order valence-corrected chi connectivity index (χ3v) is 5.74. The third-order valence-electron chi connectivity index (χ3n) is 3.48. The molecule has 0 aliphatic carbocycles. The van der Waals surface area contributed by atoms with E-state index in [1.54, 1.807) is 26.8 Å². The topological polar surface area (TPSA) is 81.4 Å². The number of amides is 1. The Morgan fingerprint density at radius 2 is 2.14 bits per heavy atom. The van der Waals surface area contributed by atoms with Crippen LogP contribution in [0.2, 0.25) is 0 Å². The van der Waals surface area contributed by atoms with Crippen LogP contribution in [0, 0.1) is 5.82 Å². The van der Waals surface area contributed by atoms with Crippen LogP contribution in [0.1, 0.15) is 32.8 Å². The number of benzene rings is 1. The molecule has 3 N–H and O–H groups in total. The van der Waals surface area contributed by atoms with Crippen molar-refractivity contribution in [2.75, 3.05) is 6.61 Å². The molecule has 0 saturated carbocycles. The van der Waals surface area contributed by atoms with Gasteiger partial charge in [0, 0.05) is 12.0 Å². The lowest BCUT2D eigenvalue weighted by Crippen LogP contribution is -2.57. The van der Waals surface area contributed by atoms with Gasteiger partial charge in [-0.2, -0.15) is 0 Å². The molecule has 1 aromatic carbocycles. The Morgan fingerprint density at radius 3 is 2.68 bits per heavy atom. The van der Waals surface area contributed by atoms with Gasteiger partial charge in [-0.3, -0.25) is 4.79 Å². The fraction of sp³-hybridized carbons (Fsp3) is 0.500. The number of ether oxygens (including phenoxy) is 1. The largest absolute Gasteiger partial charge is 0.490 e. The first-order chi connectivity index (χ1) is 10.1. The molecule has 1 aromatic rings. The maximum Gasteiger partial charge on any atom is 0.243 e. The lowest BCUT2D eigenvalue weighted by molar-refractivity contribution is -0.125. The number of hydrogen-bond donors (Lipinski definition) is 2. The van der Waals surface area contributed by atoms with Crippen LogP contribution in [-0.2, 0) is 21.3 Å². The second-order valence-corrected chi connectivity index (χ2v) is 8.91. The molecule has 0 spiro atoms. The number of rotatable bonds is 3. The summed E-state index contributed by atoms with van der Waals surface area (Å²) in [5.74, 6) is -1.36. The smallest absolute Gasteiger partial charge is 0.243 e. The van der Waals surface area contributed by atoms with Gasteiger partial charge in [-0.25, -0.2) is 13.3 Å². The van der Waals surface area contributed by atoms with Crippen molar-refractivity contribution in [3.8, 4) is 5.75 Å². The van der Waals surface area contributed by atoms with Gasteiger partial charge < -0.3 is 10.5 Å². The summed E-state index contributed by atoms with van der Waals surface area (Å²) in [6.45, 7) is 5.41. The zero-order valence-electron chi connectivity index (χ0n) is 12.5. The summed E-state index contributed by atoms with van der Waals surface area (Å²) in [7, 11) is -1.55. The number of nitrogens with one attached hydrogen (secondary N) is 1. The van der Waals surface area contributed by atoms with E-state index < -0.39 is 33.0 Å². The molecule has 0 saturated heterocycles. The van der Waals surface area contributed by atoms with Gasteiger partial charge in [0.25, 0.3) is 0 Å². The minimum absolute atomic E-state index is 0.0437. The van der Waals surface area contributed by atoms with Gasteiger partial charge in [-0.15, -0.1) is 0 Å². The van der Waals surface area contributed by atoms with Crippen LogP contribution in [0.4, 0.5) is 4.39 Å². The third kappa shape index (κ3) is 2.91. The Balaban J connectivity index is 2.58. The first-order valence-electron chi connectivity index (χ1n) is 6.70. The van der Waals surface area contributed by atoms with Gasteiger partial charge in [-0.05, 0) is 42.8 Å². The fourth-order valence-corrected chi connectivity index (χ4v) is 3.42. The zero-order valence-corrected chi connectivity index (χ0v) is 14.9. The molecule has 1 aliphatic rings. The average molecular weight is 393 g/mol. The molecule has 0 radical (unpaired) electrons. The lowest BCUT2D eigenvalue weighted by Gasteiger charge is -2.38. The van der Waals surface area contributed by atoms with Gasteiger partial charge in [0.05, 0.1) is 26.8 Å². The second kappa shape index (κ2) is 5.90. The van der Waals surface area contributed by atoms with E-state index in [1.807, 2.05) is 0 Å². The minimum Gasteiger partial charge on any atom is -0.490 e. The molecule has 1 unspecified atom stereocenters. The molecule has 2 atom stereocenters. The number of hydrogen-bond acceptors (Lipinski definition) is 3. The summed E-state index contributed by atoms with van der Waals surface area (Å²) in [5, 5.41) is 0. The molecular formula is C14H18BrFN2O3S. The van der Waals surface area contributed by atoms with Crippen molar-refractivity contribution in [2.24, 2.45) is 5.73 Å². The molecule has 1 heterocycles. The van der Waals surface area contributed by atoms with Gasteiger partial charge in [0.15, 0.2) is 11.6 Å². The molecule has 22 heavy (non-hydrogen) atoms. The van der Waals surface area contributed by atoms with Gasteiger partial charge in [0.2, 0.25) is 5.91 Å². The fourth-order valence-electron chi connectivity index (χ4n) is 2.17. The highest BCUT2D eigenvalue weighted by Crippen LogP contribution is 2.41. The monoisotopic (exact) mass is 392 g/mol. The highest BCUT2D eigenvalue weighted by molar-refractivity contribution is 9.10. The predicted molar refractivity (Wildman–Crippen MR) is 86.1 cm³/mol. The SMILES string of the molecule is CC(C)(C)[S@](=O)NC1(C(N)=O)CCOc2c1ccc(Br)c2F. The maximum absolute atomic E-state index is 14.2. The molecule has 0 aromatic heterocycles. The quantitative estimate of drug-likeness (QED) is 0.826. The highest BCUT2D eigenvalue weighted by Gasteiger charge is 2.47. The van der Waals surface area contributed by atoms with E-state index >= 15 is 0 Å². The van der Waals surface area contributed by atoms with E-state index in [0.717, 1.165) is 0 Å². The van der Waals surface area contributed by atoms with E-state index in [1.165, 1.54) is 6.07 Å². The van der Waals surface area contributed by atoms with Crippen LogP contribution in [-0.4, -0.2) is 21.5 Å². The first kappa shape index (κ1) is 17.4. The molecular weight excluding hydrogens is 375 g/mol. The molecule has 122 valence electrons. The predicted octanol–water partition coefficient (Wildman–Crippen LogP) is 2.10. The number of primary amides is 1. The maximum atomic E-state index is 14.2. The lowest BCUT2D eigenvalue weighted by atomic mass is 9.85. The van der Waals surface area contributed by atoms with Crippen molar-refractivity contribution in [3.05, 3.63) is 28.0 Å². The molecule has 2 rings (SSSR count). The van der Waals surface area contributed by atoms with Crippen molar-refractivity contribution in [3.63, 3.8) is 0 Å². The number of nitrogens with two attached hydrogens (primary N) is 1. The molecule has 1 amide bonds. The van der Waals surface area contributed by atoms with E-state index in [-0.39, 0.29) is 28.8 Å². The van der Waals surface area contributed by atoms with Crippen molar-refractivity contribution in [1.82, 2.24) is 4.72 Å². The van der Waals surface area contributed by atoms with E-state index in [4.69, 9.17) is 10.5 Å². The standard InChI is InChI=1S/C14H18BrFN2O3S/c1-13(2,3)22(20)18-14(12(17)19)6-7-21-11-8(14)4-5-9(15)10(11)16/h4-5,18H,6-7H2,1-3H3,(H2,17,19)/t14?,22-/m0/s1. The summed E-state index contributed by atoms with van der Waals surface area (Å²) < 4.78 is 34.5. The summed E-state index contributed by atoms with van der Waals surface area (Å²) in [4.78, 5) is 12.1. The van der Waals surface area contributed by atoms with Crippen molar-refractivity contribution in [2.45, 2.75) is 37.5 Å². The molecule has 5 nitrogen and oxygen atoms in total. The Hall–Kier alpha value is -0.990. The number of carbonyl (C=O) groups excluding carboxylic acids is 1. The van der Waals surface area contributed by atoms with Crippen LogP contribution in [0.15, 0.2) is 16.6 Å². The van der Waals surface area contributed by atoms with Gasteiger partial charge >= 0.3 is 0 Å². The van der Waals surface area contributed by atoms with Crippen molar-refractivity contribution in [1.29, 1.82) is 0 Å². The number of carbonyl (C=O) groups is 1. The Kier molecular flexibility index (Phi) is 4.66. The first-order valence-corrected chi connectivity index (χ1v) is 8.65.